The van der Waals surface area contributed by atoms with E-state index in [1.165, 1.54) is 26.4 Å². The topological polar surface area (TPSA) is 79.3 Å². The Bertz CT molecular complexity index is 1450. The number of halogens is 4. The van der Waals surface area contributed by atoms with Gasteiger partial charge in [0.1, 0.15) is 17.3 Å². The van der Waals surface area contributed by atoms with Gasteiger partial charge in [-0.1, -0.05) is 23.7 Å². The van der Waals surface area contributed by atoms with Gasteiger partial charge in [-0.25, -0.2) is 0 Å². The minimum absolute atomic E-state index is 0.0408. The molecule has 1 atom stereocenters. The zero-order valence-corrected chi connectivity index (χ0v) is 22.1. The number of ether oxygens (including phenoxy) is 2. The van der Waals surface area contributed by atoms with Gasteiger partial charge >= 0.3 is 6.18 Å². The molecule has 204 valence electrons. The normalized spacial score (nSPS) is 16.9. The highest BCUT2D eigenvalue weighted by molar-refractivity contribution is 6.51. The molecule has 0 aliphatic carbocycles. The lowest BCUT2D eigenvalue weighted by Crippen LogP contribution is -2.29. The fourth-order valence-electron chi connectivity index (χ4n) is 4.37. The van der Waals surface area contributed by atoms with Crippen LogP contribution < -0.4 is 19.3 Å². The second kappa shape index (κ2) is 10.5. The molecule has 1 N–H and O–H groups in total. The molecule has 0 aromatic heterocycles. The number of hydrogen-bond donors (Lipinski definition) is 1. The summed E-state index contributed by atoms with van der Waals surface area (Å²) in [5.41, 5.74) is 0.175. The van der Waals surface area contributed by atoms with Gasteiger partial charge in [0.2, 0.25) is 0 Å². The number of nitrogens with zero attached hydrogens (tertiary/aromatic N) is 2. The van der Waals surface area contributed by atoms with Crippen LogP contribution in [0, 0.1) is 0 Å². The molecular formula is C28H24ClF3N2O5. The number of carbonyl (C=O) groups excluding carboxylic acids is 2. The van der Waals surface area contributed by atoms with Gasteiger partial charge in [-0.2, -0.15) is 13.2 Å². The van der Waals surface area contributed by atoms with Gasteiger partial charge in [-0.3, -0.25) is 14.5 Å². The molecule has 1 saturated heterocycles. The summed E-state index contributed by atoms with van der Waals surface area (Å²) >= 11 is 6.19. The first kappa shape index (κ1) is 27.8. The van der Waals surface area contributed by atoms with Crippen LogP contribution in [0.1, 0.15) is 22.7 Å². The van der Waals surface area contributed by atoms with Crippen LogP contribution in [0.3, 0.4) is 0 Å². The second-order valence-corrected chi connectivity index (χ2v) is 9.29. The van der Waals surface area contributed by atoms with Crippen molar-refractivity contribution < 1.29 is 37.3 Å². The Balaban J connectivity index is 1.96. The van der Waals surface area contributed by atoms with E-state index < -0.39 is 35.2 Å². The van der Waals surface area contributed by atoms with Crippen LogP contribution in [0.2, 0.25) is 5.02 Å². The number of Topliss-reactive ketones (excluding diaryl/α,β-unsaturated/α-hetero) is 1. The highest BCUT2D eigenvalue weighted by Gasteiger charge is 2.47. The van der Waals surface area contributed by atoms with Gasteiger partial charge in [0.25, 0.3) is 11.7 Å². The lowest BCUT2D eigenvalue weighted by Gasteiger charge is -2.26. The Morgan fingerprint density at radius 1 is 0.949 bits per heavy atom. The van der Waals surface area contributed by atoms with Crippen molar-refractivity contribution in [3.8, 4) is 11.5 Å². The molecule has 1 amide bonds. The van der Waals surface area contributed by atoms with Gasteiger partial charge in [0, 0.05) is 31.5 Å². The first-order chi connectivity index (χ1) is 18.4. The molecule has 0 bridgehead atoms. The Kier molecular flexibility index (Phi) is 7.52. The van der Waals surface area contributed by atoms with E-state index in [0.29, 0.717) is 5.56 Å². The minimum atomic E-state index is -4.59. The predicted octanol–water partition coefficient (Wildman–Crippen LogP) is 6.07. The third kappa shape index (κ3) is 5.12. The summed E-state index contributed by atoms with van der Waals surface area (Å²) in [5.74, 6) is -2.30. The van der Waals surface area contributed by atoms with Gasteiger partial charge in [-0.15, -0.1) is 0 Å². The van der Waals surface area contributed by atoms with Gasteiger partial charge in [-0.05, 0) is 48.0 Å². The minimum Gasteiger partial charge on any atom is -0.507 e. The molecule has 1 heterocycles. The monoisotopic (exact) mass is 560 g/mol. The summed E-state index contributed by atoms with van der Waals surface area (Å²) < 4.78 is 50.2. The third-order valence-electron chi connectivity index (χ3n) is 6.37. The van der Waals surface area contributed by atoms with Crippen molar-refractivity contribution in [2.75, 3.05) is 38.1 Å². The molecule has 1 aliphatic rings. The zero-order valence-electron chi connectivity index (χ0n) is 21.3. The highest BCUT2D eigenvalue weighted by atomic mass is 35.5. The van der Waals surface area contributed by atoms with Crippen LogP contribution in [-0.2, 0) is 15.8 Å². The molecule has 3 aromatic rings. The molecule has 1 fully saturated rings. The maximum Gasteiger partial charge on any atom is 0.416 e. The quantitative estimate of drug-likeness (QED) is 0.224. The van der Waals surface area contributed by atoms with Crippen molar-refractivity contribution in [1.82, 2.24) is 0 Å². The lowest BCUT2D eigenvalue weighted by atomic mass is 9.94. The number of amides is 1. The van der Waals surface area contributed by atoms with E-state index >= 15 is 0 Å². The molecule has 7 nitrogen and oxygen atoms in total. The standard InChI is InChI=1S/C28H24ClF3N2O5/c1-33(2)17-9-5-15(6-10-17)24-23(25(35)19-13-22(39-4)20(29)14-21(19)38-3)26(36)27(37)34(24)18-11-7-16(8-12-18)28(30,31)32/h5-14,24,35H,1-4H3/b25-23+. The van der Waals surface area contributed by atoms with Crippen molar-refractivity contribution in [2.45, 2.75) is 12.2 Å². The van der Waals surface area contributed by atoms with Crippen molar-refractivity contribution >= 4 is 40.4 Å². The summed E-state index contributed by atoms with van der Waals surface area (Å²) in [5, 5.41) is 11.7. The number of benzene rings is 3. The number of ketones is 1. The SMILES string of the molecule is COc1cc(/C(O)=C2\C(=O)C(=O)N(c3ccc(C(F)(F)F)cc3)C2c2ccc(N(C)C)cc2)c(OC)cc1Cl. The van der Waals surface area contributed by atoms with Crippen LogP contribution in [0.5, 0.6) is 11.5 Å². The smallest absolute Gasteiger partial charge is 0.416 e. The largest absolute Gasteiger partial charge is 0.507 e. The van der Waals surface area contributed by atoms with Crippen LogP contribution in [0.15, 0.2) is 66.2 Å². The van der Waals surface area contributed by atoms with E-state index in [1.54, 1.807) is 24.3 Å². The molecule has 3 aromatic carbocycles. The Morgan fingerprint density at radius 3 is 2.05 bits per heavy atom. The number of hydrogen-bond acceptors (Lipinski definition) is 6. The summed E-state index contributed by atoms with van der Waals surface area (Å²) in [7, 11) is 6.38. The number of aliphatic hydroxyl groups excluding tert-OH is 1. The summed E-state index contributed by atoms with van der Waals surface area (Å²) in [6, 6.07) is 12.3. The van der Waals surface area contributed by atoms with Crippen LogP contribution in [0.4, 0.5) is 24.5 Å². The Labute approximate surface area is 227 Å². The number of aliphatic hydroxyl groups is 1. The fraction of sp³-hybridized carbons (Fsp3) is 0.214. The summed E-state index contributed by atoms with van der Waals surface area (Å²) in [4.78, 5) is 29.7. The Hall–Kier alpha value is -4.18. The first-order valence-corrected chi connectivity index (χ1v) is 11.9. The number of alkyl halides is 3. The van der Waals surface area contributed by atoms with E-state index in [4.69, 9.17) is 21.1 Å². The number of rotatable bonds is 6. The van der Waals surface area contributed by atoms with Crippen molar-refractivity contribution in [3.05, 3.63) is 87.9 Å². The van der Waals surface area contributed by atoms with E-state index in [0.717, 1.165) is 34.9 Å². The molecule has 0 spiro atoms. The van der Waals surface area contributed by atoms with E-state index in [1.807, 2.05) is 19.0 Å². The van der Waals surface area contributed by atoms with E-state index in [2.05, 4.69) is 0 Å². The summed E-state index contributed by atoms with van der Waals surface area (Å²) in [6.45, 7) is 0. The molecule has 1 unspecified atom stereocenters. The zero-order chi connectivity index (χ0) is 28.6. The van der Waals surface area contributed by atoms with Crippen molar-refractivity contribution in [3.63, 3.8) is 0 Å². The number of methoxy groups -OCH3 is 2. The van der Waals surface area contributed by atoms with Gasteiger partial charge in [0.05, 0.1) is 42.0 Å². The maximum atomic E-state index is 13.4. The summed E-state index contributed by atoms with van der Waals surface area (Å²) in [6.07, 6.45) is -4.59. The average Bonchev–Trinajstić information content (AvgIpc) is 3.17. The van der Waals surface area contributed by atoms with Gasteiger partial charge in [0.15, 0.2) is 0 Å². The molecule has 0 saturated carbocycles. The van der Waals surface area contributed by atoms with Crippen molar-refractivity contribution in [1.29, 1.82) is 0 Å². The molecule has 1 aliphatic heterocycles. The van der Waals surface area contributed by atoms with Crippen LogP contribution in [0.25, 0.3) is 5.76 Å². The molecule has 39 heavy (non-hydrogen) atoms. The third-order valence-corrected chi connectivity index (χ3v) is 6.67. The highest BCUT2D eigenvalue weighted by Crippen LogP contribution is 2.45. The van der Waals surface area contributed by atoms with Crippen molar-refractivity contribution in [2.24, 2.45) is 0 Å². The lowest BCUT2D eigenvalue weighted by molar-refractivity contribution is -0.137. The van der Waals surface area contributed by atoms with E-state index in [9.17, 15) is 27.9 Å². The molecule has 11 heteroatoms. The molecule has 0 radical (unpaired) electrons. The average molecular weight is 561 g/mol. The fourth-order valence-corrected chi connectivity index (χ4v) is 4.60. The Morgan fingerprint density at radius 2 is 1.54 bits per heavy atom. The number of carbonyl (C=O) groups is 2. The molecular weight excluding hydrogens is 537 g/mol. The predicted molar refractivity (Wildman–Crippen MR) is 142 cm³/mol. The van der Waals surface area contributed by atoms with Crippen LogP contribution in [-0.4, -0.2) is 45.1 Å². The maximum absolute atomic E-state index is 13.4. The second-order valence-electron chi connectivity index (χ2n) is 8.89. The number of anilines is 2. The first-order valence-electron chi connectivity index (χ1n) is 11.6. The van der Waals surface area contributed by atoms with E-state index in [-0.39, 0.29) is 33.3 Å². The molecule has 4 rings (SSSR count). The van der Waals surface area contributed by atoms with Crippen LogP contribution >= 0.6 is 11.6 Å². The van der Waals surface area contributed by atoms with Gasteiger partial charge < -0.3 is 19.5 Å².